The summed E-state index contributed by atoms with van der Waals surface area (Å²) < 4.78 is 38.8. The van der Waals surface area contributed by atoms with Crippen molar-refractivity contribution < 1.29 is 12.8 Å². The van der Waals surface area contributed by atoms with Gasteiger partial charge in [0.1, 0.15) is 10.7 Å². The summed E-state index contributed by atoms with van der Waals surface area (Å²) >= 11 is 3.33. The van der Waals surface area contributed by atoms with Gasteiger partial charge in [-0.1, -0.05) is 28.8 Å². The highest BCUT2D eigenvalue weighted by Gasteiger charge is 2.14. The van der Waals surface area contributed by atoms with E-state index in [1.165, 1.54) is 0 Å². The molecule has 0 aliphatic heterocycles. The lowest BCUT2D eigenvalue weighted by atomic mass is 10.2. The molecule has 4 nitrogen and oxygen atoms in total. The zero-order valence-corrected chi connectivity index (χ0v) is 12.3. The number of nitrogens with one attached hydrogen (secondary N) is 1. The maximum Gasteiger partial charge on any atom is 0.242 e. The second-order valence-corrected chi connectivity index (χ2v) is 6.40. The Morgan fingerprint density at radius 2 is 1.94 bits per heavy atom. The zero-order valence-electron chi connectivity index (χ0n) is 9.90. The molecule has 1 heterocycles. The first-order valence-electron chi connectivity index (χ1n) is 5.72. The van der Waals surface area contributed by atoms with E-state index >= 15 is 0 Å². The first kappa shape index (κ1) is 15.5. The standard InChI is InChI=1S/C11H16BrFN2O2S/c12-5-3-1-2-4-6-15-18(16,17)11-7-10(13)8-14-9-11/h7-9,15H,1-6H2. The lowest BCUT2D eigenvalue weighted by Gasteiger charge is -2.06. The van der Waals surface area contributed by atoms with Gasteiger partial charge in [-0.05, 0) is 18.9 Å². The normalized spacial score (nSPS) is 11.7. The van der Waals surface area contributed by atoms with Crippen molar-refractivity contribution in [3.63, 3.8) is 0 Å². The Labute approximate surface area is 115 Å². The van der Waals surface area contributed by atoms with Gasteiger partial charge in [0.25, 0.3) is 0 Å². The number of hydrogen-bond donors (Lipinski definition) is 1. The van der Waals surface area contributed by atoms with Crippen molar-refractivity contribution in [2.75, 3.05) is 11.9 Å². The molecule has 1 N–H and O–H groups in total. The fraction of sp³-hybridized carbons (Fsp3) is 0.545. The van der Waals surface area contributed by atoms with Gasteiger partial charge in [0.2, 0.25) is 10.0 Å². The van der Waals surface area contributed by atoms with Gasteiger partial charge in [0, 0.05) is 18.1 Å². The Bertz CT molecular complexity index is 468. The lowest BCUT2D eigenvalue weighted by Crippen LogP contribution is -2.25. The molecule has 0 unspecified atom stereocenters. The average molecular weight is 339 g/mol. The van der Waals surface area contributed by atoms with Gasteiger partial charge in [-0.15, -0.1) is 0 Å². The predicted octanol–water partition coefficient (Wildman–Crippen LogP) is 2.45. The van der Waals surface area contributed by atoms with Crippen LogP contribution in [0.25, 0.3) is 0 Å². The maximum absolute atomic E-state index is 12.9. The molecular formula is C11H16BrFN2O2S. The van der Waals surface area contributed by atoms with Crippen molar-refractivity contribution in [3.8, 4) is 0 Å². The number of halogens is 2. The van der Waals surface area contributed by atoms with Gasteiger partial charge in [-0.2, -0.15) is 0 Å². The number of hydrogen-bond acceptors (Lipinski definition) is 3. The fourth-order valence-corrected chi connectivity index (χ4v) is 2.85. The van der Waals surface area contributed by atoms with E-state index < -0.39 is 15.8 Å². The van der Waals surface area contributed by atoms with E-state index in [0.29, 0.717) is 6.54 Å². The largest absolute Gasteiger partial charge is 0.260 e. The van der Waals surface area contributed by atoms with Crippen molar-refractivity contribution in [1.29, 1.82) is 0 Å². The number of sulfonamides is 1. The minimum Gasteiger partial charge on any atom is -0.260 e. The number of rotatable bonds is 8. The molecule has 102 valence electrons. The summed E-state index contributed by atoms with van der Waals surface area (Å²) in [5.41, 5.74) is 0. The van der Waals surface area contributed by atoms with E-state index in [9.17, 15) is 12.8 Å². The Balaban J connectivity index is 2.41. The van der Waals surface area contributed by atoms with Crippen LogP contribution in [0.2, 0.25) is 0 Å². The summed E-state index contributed by atoms with van der Waals surface area (Å²) in [7, 11) is -3.64. The Morgan fingerprint density at radius 1 is 1.22 bits per heavy atom. The van der Waals surface area contributed by atoms with Crippen LogP contribution in [0, 0.1) is 5.82 Å². The van der Waals surface area contributed by atoms with Crippen LogP contribution in [0.5, 0.6) is 0 Å². The van der Waals surface area contributed by atoms with Crippen molar-refractivity contribution in [2.24, 2.45) is 0 Å². The van der Waals surface area contributed by atoms with Crippen LogP contribution in [-0.2, 0) is 10.0 Å². The van der Waals surface area contributed by atoms with E-state index in [1.807, 2.05) is 0 Å². The van der Waals surface area contributed by atoms with Crippen LogP contribution >= 0.6 is 15.9 Å². The molecule has 18 heavy (non-hydrogen) atoms. The smallest absolute Gasteiger partial charge is 0.242 e. The molecule has 0 saturated heterocycles. The van der Waals surface area contributed by atoms with Crippen LogP contribution in [-0.4, -0.2) is 25.3 Å². The lowest BCUT2D eigenvalue weighted by molar-refractivity contribution is 0.569. The molecule has 0 atom stereocenters. The molecule has 0 aliphatic rings. The number of aromatic nitrogens is 1. The van der Waals surface area contributed by atoms with Crippen LogP contribution in [0.15, 0.2) is 23.4 Å². The summed E-state index contributed by atoms with van der Waals surface area (Å²) in [6, 6.07) is 0.959. The zero-order chi connectivity index (χ0) is 13.4. The van der Waals surface area contributed by atoms with Crippen molar-refractivity contribution in [3.05, 3.63) is 24.3 Å². The van der Waals surface area contributed by atoms with E-state index in [1.54, 1.807) is 0 Å². The van der Waals surface area contributed by atoms with Gasteiger partial charge in [-0.3, -0.25) is 4.98 Å². The van der Waals surface area contributed by atoms with Crippen LogP contribution in [0.4, 0.5) is 4.39 Å². The van der Waals surface area contributed by atoms with Crippen molar-refractivity contribution in [1.82, 2.24) is 9.71 Å². The first-order valence-corrected chi connectivity index (χ1v) is 8.33. The van der Waals surface area contributed by atoms with E-state index in [2.05, 4.69) is 25.6 Å². The predicted molar refractivity (Wildman–Crippen MR) is 71.6 cm³/mol. The molecule has 0 aliphatic carbocycles. The SMILES string of the molecule is O=S(=O)(NCCCCCCBr)c1cncc(F)c1. The summed E-state index contributed by atoms with van der Waals surface area (Å²) in [6.45, 7) is 0.362. The van der Waals surface area contributed by atoms with Crippen molar-refractivity contribution >= 4 is 26.0 Å². The number of unbranched alkanes of at least 4 members (excludes halogenated alkanes) is 3. The molecule has 0 fully saturated rings. The summed E-state index contributed by atoms with van der Waals surface area (Å²) in [4.78, 5) is 3.38. The first-order chi connectivity index (χ1) is 8.56. The third kappa shape index (κ3) is 5.41. The topological polar surface area (TPSA) is 59.1 Å². The summed E-state index contributed by atoms with van der Waals surface area (Å²) in [5.74, 6) is -0.657. The van der Waals surface area contributed by atoms with E-state index in [-0.39, 0.29) is 4.90 Å². The molecule has 0 spiro atoms. The molecule has 1 aromatic rings. The van der Waals surface area contributed by atoms with Gasteiger partial charge < -0.3 is 0 Å². The fourth-order valence-electron chi connectivity index (χ4n) is 1.40. The van der Waals surface area contributed by atoms with Gasteiger partial charge in [0.15, 0.2) is 0 Å². The van der Waals surface area contributed by atoms with Gasteiger partial charge >= 0.3 is 0 Å². The van der Waals surface area contributed by atoms with E-state index in [4.69, 9.17) is 0 Å². The quantitative estimate of drug-likeness (QED) is 0.585. The highest BCUT2D eigenvalue weighted by atomic mass is 79.9. The third-order valence-corrected chi connectivity index (χ3v) is 4.33. The van der Waals surface area contributed by atoms with Crippen LogP contribution < -0.4 is 4.72 Å². The van der Waals surface area contributed by atoms with Crippen LogP contribution in [0.1, 0.15) is 25.7 Å². The highest BCUT2D eigenvalue weighted by molar-refractivity contribution is 9.09. The van der Waals surface area contributed by atoms with Gasteiger partial charge in [0.05, 0.1) is 6.20 Å². The van der Waals surface area contributed by atoms with E-state index in [0.717, 1.165) is 49.5 Å². The maximum atomic E-state index is 12.9. The second-order valence-electron chi connectivity index (χ2n) is 3.84. The average Bonchev–Trinajstić information content (AvgIpc) is 2.33. The Morgan fingerprint density at radius 3 is 2.61 bits per heavy atom. The molecule has 1 aromatic heterocycles. The molecule has 0 aromatic carbocycles. The summed E-state index contributed by atoms with van der Waals surface area (Å²) in [5, 5.41) is 0.966. The number of alkyl halides is 1. The highest BCUT2D eigenvalue weighted by Crippen LogP contribution is 2.08. The second kappa shape index (κ2) is 7.81. The van der Waals surface area contributed by atoms with Crippen LogP contribution in [0.3, 0.4) is 0 Å². The molecule has 0 amide bonds. The molecule has 0 saturated carbocycles. The molecule has 0 radical (unpaired) electrons. The number of nitrogens with zero attached hydrogens (tertiary/aromatic N) is 1. The molecule has 0 bridgehead atoms. The Hall–Kier alpha value is -0.530. The molecule has 1 rings (SSSR count). The monoisotopic (exact) mass is 338 g/mol. The molecule has 7 heteroatoms. The molecular weight excluding hydrogens is 323 g/mol. The van der Waals surface area contributed by atoms with Crippen molar-refractivity contribution in [2.45, 2.75) is 30.6 Å². The number of pyridine rings is 1. The third-order valence-electron chi connectivity index (χ3n) is 2.34. The summed E-state index contributed by atoms with van der Waals surface area (Å²) in [6.07, 6.45) is 6.00. The minimum absolute atomic E-state index is 0.136. The van der Waals surface area contributed by atoms with Gasteiger partial charge in [-0.25, -0.2) is 17.5 Å². The minimum atomic E-state index is -3.64. The Kier molecular flexibility index (Phi) is 6.73.